The summed E-state index contributed by atoms with van der Waals surface area (Å²) in [6, 6.07) is 27.0. The predicted octanol–water partition coefficient (Wildman–Crippen LogP) is 6.82. The Labute approximate surface area is 168 Å². The molecular weight excluding hydrogens is 373 g/mol. The summed E-state index contributed by atoms with van der Waals surface area (Å²) in [7, 11) is 0. The number of rotatable bonds is 6. The first-order valence-electron chi connectivity index (χ1n) is 9.07. The Morgan fingerprint density at radius 1 is 0.857 bits per heavy atom. The lowest BCUT2D eigenvalue weighted by atomic mass is 10.0. The fourth-order valence-corrected chi connectivity index (χ4v) is 3.35. The maximum absolute atomic E-state index is 13.4. The quantitative estimate of drug-likeness (QED) is 0.389. The van der Waals surface area contributed by atoms with Crippen molar-refractivity contribution < 1.29 is 9.13 Å². The topological polar surface area (TPSA) is 21.3 Å². The van der Waals surface area contributed by atoms with Gasteiger partial charge in [0.25, 0.3) is 0 Å². The van der Waals surface area contributed by atoms with Gasteiger partial charge in [-0.3, -0.25) is 0 Å². The fourth-order valence-electron chi connectivity index (χ4n) is 3.17. The molecule has 0 amide bonds. The largest absolute Gasteiger partial charge is 0.489 e. The third-order valence-corrected chi connectivity index (χ3v) is 4.91. The molecule has 0 atom stereocenters. The zero-order valence-electron chi connectivity index (χ0n) is 15.2. The molecule has 0 aromatic heterocycles. The molecule has 0 aliphatic heterocycles. The van der Waals surface area contributed by atoms with Crippen molar-refractivity contribution in [2.45, 2.75) is 13.2 Å². The van der Waals surface area contributed by atoms with E-state index in [1.165, 1.54) is 6.07 Å². The molecule has 0 bridgehead atoms. The van der Waals surface area contributed by atoms with Crippen LogP contribution < -0.4 is 10.1 Å². The molecule has 1 N–H and O–H groups in total. The van der Waals surface area contributed by atoms with Crippen molar-refractivity contribution in [2.75, 3.05) is 5.32 Å². The molecule has 4 rings (SSSR count). The van der Waals surface area contributed by atoms with Crippen LogP contribution in [0.15, 0.2) is 84.9 Å². The zero-order valence-corrected chi connectivity index (χ0v) is 15.9. The highest BCUT2D eigenvalue weighted by atomic mass is 35.5. The van der Waals surface area contributed by atoms with E-state index in [1.54, 1.807) is 12.1 Å². The number of hydrogen-bond acceptors (Lipinski definition) is 2. The predicted molar refractivity (Wildman–Crippen MR) is 113 cm³/mol. The van der Waals surface area contributed by atoms with Crippen LogP contribution in [0.3, 0.4) is 0 Å². The van der Waals surface area contributed by atoms with Gasteiger partial charge in [0.1, 0.15) is 18.2 Å². The van der Waals surface area contributed by atoms with E-state index in [0.29, 0.717) is 13.2 Å². The van der Waals surface area contributed by atoms with E-state index < -0.39 is 5.82 Å². The summed E-state index contributed by atoms with van der Waals surface area (Å²) < 4.78 is 19.6. The summed E-state index contributed by atoms with van der Waals surface area (Å²) >= 11 is 5.90. The molecule has 4 aromatic carbocycles. The molecular formula is C24H19ClFNO. The van der Waals surface area contributed by atoms with Crippen LogP contribution in [0.4, 0.5) is 10.1 Å². The summed E-state index contributed by atoms with van der Waals surface area (Å²) in [6.45, 7) is 1.03. The molecule has 0 aliphatic carbocycles. The molecule has 0 saturated carbocycles. The third kappa shape index (κ3) is 4.10. The van der Waals surface area contributed by atoms with Crippen LogP contribution in [0, 0.1) is 5.82 Å². The number of ether oxygens (including phenoxy) is 1. The SMILES string of the molecule is Fc1ccc(NCc2c(OCc3ccccc3)ccc3ccccc23)cc1Cl. The van der Waals surface area contributed by atoms with Crippen LogP contribution >= 0.6 is 11.6 Å². The minimum atomic E-state index is -0.427. The first-order valence-corrected chi connectivity index (χ1v) is 9.45. The number of benzene rings is 4. The Hall–Kier alpha value is -3.04. The van der Waals surface area contributed by atoms with E-state index in [0.717, 1.165) is 33.3 Å². The Morgan fingerprint density at radius 2 is 1.64 bits per heavy atom. The second-order valence-electron chi connectivity index (χ2n) is 6.52. The highest BCUT2D eigenvalue weighted by molar-refractivity contribution is 6.31. The Morgan fingerprint density at radius 3 is 2.46 bits per heavy atom. The summed E-state index contributed by atoms with van der Waals surface area (Å²) in [5.74, 6) is 0.396. The normalized spacial score (nSPS) is 10.8. The Kier molecular flexibility index (Phi) is 5.45. The molecule has 0 spiro atoms. The summed E-state index contributed by atoms with van der Waals surface area (Å²) in [5, 5.41) is 5.69. The minimum Gasteiger partial charge on any atom is -0.489 e. The van der Waals surface area contributed by atoms with Crippen LogP contribution in [0.5, 0.6) is 5.75 Å². The van der Waals surface area contributed by atoms with E-state index in [2.05, 4.69) is 23.5 Å². The molecule has 28 heavy (non-hydrogen) atoms. The summed E-state index contributed by atoms with van der Waals surface area (Å²) in [6.07, 6.45) is 0. The maximum Gasteiger partial charge on any atom is 0.141 e. The van der Waals surface area contributed by atoms with E-state index in [4.69, 9.17) is 16.3 Å². The van der Waals surface area contributed by atoms with Crippen molar-refractivity contribution in [3.05, 3.63) is 107 Å². The van der Waals surface area contributed by atoms with Gasteiger partial charge < -0.3 is 10.1 Å². The van der Waals surface area contributed by atoms with Gasteiger partial charge in [-0.05, 0) is 40.6 Å². The number of anilines is 1. The number of hydrogen-bond donors (Lipinski definition) is 1. The van der Waals surface area contributed by atoms with Crippen LogP contribution in [0.2, 0.25) is 5.02 Å². The standard InChI is InChI=1S/C24H19ClFNO/c25-22-14-19(11-12-23(22)26)27-15-21-20-9-5-4-8-18(20)10-13-24(21)28-16-17-6-2-1-3-7-17/h1-14,27H,15-16H2. The molecule has 0 unspecified atom stereocenters. The van der Waals surface area contributed by atoms with Gasteiger partial charge in [-0.25, -0.2) is 4.39 Å². The van der Waals surface area contributed by atoms with E-state index in [-0.39, 0.29) is 5.02 Å². The van der Waals surface area contributed by atoms with Gasteiger partial charge in [0.2, 0.25) is 0 Å². The Bertz CT molecular complexity index is 1100. The van der Waals surface area contributed by atoms with Gasteiger partial charge in [-0.15, -0.1) is 0 Å². The lowest BCUT2D eigenvalue weighted by molar-refractivity contribution is 0.304. The van der Waals surface area contributed by atoms with E-state index in [9.17, 15) is 4.39 Å². The fraction of sp³-hybridized carbons (Fsp3) is 0.0833. The lowest BCUT2D eigenvalue weighted by Gasteiger charge is -2.16. The van der Waals surface area contributed by atoms with Crippen LogP contribution in [0.25, 0.3) is 10.8 Å². The first-order chi connectivity index (χ1) is 13.7. The molecule has 0 heterocycles. The summed E-state index contributed by atoms with van der Waals surface area (Å²) in [5.41, 5.74) is 2.92. The van der Waals surface area contributed by atoms with Gasteiger partial charge in [-0.2, -0.15) is 0 Å². The van der Waals surface area contributed by atoms with Gasteiger partial charge in [0, 0.05) is 17.8 Å². The summed E-state index contributed by atoms with van der Waals surface area (Å²) in [4.78, 5) is 0. The molecule has 2 nitrogen and oxygen atoms in total. The van der Waals surface area contributed by atoms with Crippen molar-refractivity contribution in [1.82, 2.24) is 0 Å². The third-order valence-electron chi connectivity index (χ3n) is 4.62. The van der Waals surface area contributed by atoms with E-state index in [1.807, 2.05) is 48.5 Å². The van der Waals surface area contributed by atoms with Gasteiger partial charge >= 0.3 is 0 Å². The highest BCUT2D eigenvalue weighted by Gasteiger charge is 2.10. The lowest BCUT2D eigenvalue weighted by Crippen LogP contribution is -2.05. The maximum atomic E-state index is 13.4. The molecule has 4 heteroatoms. The molecule has 140 valence electrons. The second-order valence-corrected chi connectivity index (χ2v) is 6.93. The smallest absolute Gasteiger partial charge is 0.141 e. The average molecular weight is 392 g/mol. The second kappa shape index (κ2) is 8.32. The van der Waals surface area contributed by atoms with Gasteiger partial charge in [0.15, 0.2) is 0 Å². The molecule has 0 radical (unpaired) electrons. The van der Waals surface area contributed by atoms with Gasteiger partial charge in [-0.1, -0.05) is 72.3 Å². The molecule has 4 aromatic rings. The van der Waals surface area contributed by atoms with Crippen molar-refractivity contribution in [1.29, 1.82) is 0 Å². The first kappa shape index (κ1) is 18.3. The molecule has 0 saturated heterocycles. The van der Waals surface area contributed by atoms with Crippen molar-refractivity contribution in [2.24, 2.45) is 0 Å². The number of nitrogens with one attached hydrogen (secondary N) is 1. The highest BCUT2D eigenvalue weighted by Crippen LogP contribution is 2.30. The number of halogens is 2. The minimum absolute atomic E-state index is 0.100. The van der Waals surface area contributed by atoms with Crippen LogP contribution in [-0.4, -0.2) is 0 Å². The van der Waals surface area contributed by atoms with Gasteiger partial charge in [0.05, 0.1) is 5.02 Å². The van der Waals surface area contributed by atoms with Crippen LogP contribution in [-0.2, 0) is 13.2 Å². The Balaban J connectivity index is 1.62. The van der Waals surface area contributed by atoms with Crippen LogP contribution in [0.1, 0.15) is 11.1 Å². The average Bonchev–Trinajstić information content (AvgIpc) is 2.74. The van der Waals surface area contributed by atoms with Crippen molar-refractivity contribution in [3.8, 4) is 5.75 Å². The molecule has 0 fully saturated rings. The van der Waals surface area contributed by atoms with Crippen molar-refractivity contribution in [3.63, 3.8) is 0 Å². The van der Waals surface area contributed by atoms with Crippen molar-refractivity contribution >= 4 is 28.1 Å². The van der Waals surface area contributed by atoms with E-state index >= 15 is 0 Å². The zero-order chi connectivity index (χ0) is 19.3. The monoisotopic (exact) mass is 391 g/mol. The number of fused-ring (bicyclic) bond motifs is 1. The molecule has 0 aliphatic rings.